The number of aromatic nitrogens is 1. The number of methoxy groups -OCH3 is 2. The number of rotatable bonds is 3. The van der Waals surface area contributed by atoms with Gasteiger partial charge in [-0.1, -0.05) is 6.07 Å². The lowest BCUT2D eigenvalue weighted by Gasteiger charge is -2.20. The molecule has 3 aromatic rings. The Bertz CT molecular complexity index is 988. The number of thiophene rings is 1. The Morgan fingerprint density at radius 3 is 2.74 bits per heavy atom. The molecule has 2 aliphatic rings. The molecule has 0 spiro atoms. The van der Waals surface area contributed by atoms with Crippen molar-refractivity contribution in [1.29, 1.82) is 0 Å². The van der Waals surface area contributed by atoms with Crippen LogP contribution in [0.2, 0.25) is 0 Å². The third-order valence-electron chi connectivity index (χ3n) is 5.78. The van der Waals surface area contributed by atoms with Crippen molar-refractivity contribution < 1.29 is 9.47 Å². The van der Waals surface area contributed by atoms with Crippen LogP contribution in [0.1, 0.15) is 46.1 Å². The maximum absolute atomic E-state index is 5.53. The van der Waals surface area contributed by atoms with E-state index in [1.807, 2.05) is 17.4 Å². The SMILES string of the molecule is COc1ccc(C2NCc3c(sc4c3CCCC4)-n3cccc32)cc1OC. The van der Waals surface area contributed by atoms with Gasteiger partial charge in [-0.25, -0.2) is 0 Å². The van der Waals surface area contributed by atoms with Crippen molar-refractivity contribution in [1.82, 2.24) is 9.88 Å². The third kappa shape index (κ3) is 2.68. The Morgan fingerprint density at radius 1 is 1.04 bits per heavy atom. The molecular weight excluding hydrogens is 356 g/mol. The summed E-state index contributed by atoms with van der Waals surface area (Å²) in [7, 11) is 3.36. The summed E-state index contributed by atoms with van der Waals surface area (Å²) in [4.78, 5) is 1.59. The smallest absolute Gasteiger partial charge is 0.161 e. The average molecular weight is 381 g/mol. The summed E-state index contributed by atoms with van der Waals surface area (Å²) in [5, 5.41) is 5.21. The van der Waals surface area contributed by atoms with E-state index in [0.29, 0.717) is 0 Å². The van der Waals surface area contributed by atoms with E-state index in [9.17, 15) is 0 Å². The van der Waals surface area contributed by atoms with Crippen molar-refractivity contribution in [2.75, 3.05) is 14.2 Å². The molecule has 27 heavy (non-hydrogen) atoms. The topological polar surface area (TPSA) is 35.4 Å². The molecule has 5 heteroatoms. The molecule has 1 aromatic carbocycles. The van der Waals surface area contributed by atoms with E-state index in [1.165, 1.54) is 47.5 Å². The van der Waals surface area contributed by atoms with Crippen LogP contribution < -0.4 is 14.8 Å². The van der Waals surface area contributed by atoms with Gasteiger partial charge in [-0.3, -0.25) is 0 Å². The summed E-state index contributed by atoms with van der Waals surface area (Å²) < 4.78 is 13.3. The van der Waals surface area contributed by atoms with Crippen LogP contribution in [0.25, 0.3) is 5.00 Å². The molecule has 1 aliphatic carbocycles. The zero-order valence-corrected chi connectivity index (χ0v) is 16.6. The van der Waals surface area contributed by atoms with Gasteiger partial charge in [-0.2, -0.15) is 0 Å². The van der Waals surface area contributed by atoms with E-state index in [1.54, 1.807) is 24.7 Å². The summed E-state index contributed by atoms with van der Waals surface area (Å²) >= 11 is 1.99. The summed E-state index contributed by atoms with van der Waals surface area (Å²) in [6.45, 7) is 0.905. The summed E-state index contributed by atoms with van der Waals surface area (Å²) in [5.41, 5.74) is 5.56. The fraction of sp³-hybridized carbons (Fsp3) is 0.364. The maximum Gasteiger partial charge on any atom is 0.161 e. The Kier molecular flexibility index (Phi) is 4.21. The highest BCUT2D eigenvalue weighted by atomic mass is 32.1. The van der Waals surface area contributed by atoms with Crippen molar-refractivity contribution in [3.63, 3.8) is 0 Å². The van der Waals surface area contributed by atoms with Gasteiger partial charge in [0.15, 0.2) is 11.5 Å². The highest BCUT2D eigenvalue weighted by Gasteiger charge is 2.28. The zero-order chi connectivity index (χ0) is 18.4. The monoisotopic (exact) mass is 380 g/mol. The Labute approximate surface area is 163 Å². The van der Waals surface area contributed by atoms with Gasteiger partial charge < -0.3 is 19.4 Å². The predicted octanol–water partition coefficient (Wildman–Crippen LogP) is 4.63. The molecule has 3 heterocycles. The average Bonchev–Trinajstić information content (AvgIpc) is 3.30. The van der Waals surface area contributed by atoms with Crippen LogP contribution in [-0.4, -0.2) is 18.8 Å². The molecule has 140 valence electrons. The molecule has 2 aromatic heterocycles. The number of hydrogen-bond acceptors (Lipinski definition) is 4. The molecule has 0 saturated carbocycles. The first kappa shape index (κ1) is 16.9. The van der Waals surface area contributed by atoms with Crippen LogP contribution in [0, 0.1) is 0 Å². The second-order valence-electron chi connectivity index (χ2n) is 7.23. The second-order valence-corrected chi connectivity index (χ2v) is 8.31. The number of hydrogen-bond donors (Lipinski definition) is 1. The fourth-order valence-electron chi connectivity index (χ4n) is 4.44. The highest BCUT2D eigenvalue weighted by Crippen LogP contribution is 2.41. The van der Waals surface area contributed by atoms with Crippen molar-refractivity contribution in [3.05, 3.63) is 63.8 Å². The van der Waals surface area contributed by atoms with Crippen LogP contribution in [0.3, 0.4) is 0 Å². The highest BCUT2D eigenvalue weighted by molar-refractivity contribution is 7.15. The van der Waals surface area contributed by atoms with Gasteiger partial charge >= 0.3 is 0 Å². The number of nitrogens with one attached hydrogen (secondary N) is 1. The normalized spacial score (nSPS) is 18.2. The predicted molar refractivity (Wildman–Crippen MR) is 109 cm³/mol. The van der Waals surface area contributed by atoms with Crippen LogP contribution in [-0.2, 0) is 19.4 Å². The van der Waals surface area contributed by atoms with Gasteiger partial charge in [-0.05, 0) is 61.1 Å². The third-order valence-corrected chi connectivity index (χ3v) is 7.11. The van der Waals surface area contributed by atoms with Crippen molar-refractivity contribution in [2.24, 2.45) is 0 Å². The number of ether oxygens (including phenoxy) is 2. The van der Waals surface area contributed by atoms with Gasteiger partial charge in [0.05, 0.1) is 20.3 Å². The molecule has 1 N–H and O–H groups in total. The molecule has 0 radical (unpaired) electrons. The lowest BCUT2D eigenvalue weighted by Crippen LogP contribution is -2.22. The minimum absolute atomic E-state index is 0.124. The van der Waals surface area contributed by atoms with E-state index in [2.05, 4.69) is 40.3 Å². The molecule has 1 atom stereocenters. The second kappa shape index (κ2) is 6.73. The van der Waals surface area contributed by atoms with E-state index in [4.69, 9.17) is 9.47 Å². The summed E-state index contributed by atoms with van der Waals surface area (Å²) in [6.07, 6.45) is 7.31. The maximum atomic E-state index is 5.53. The quantitative estimate of drug-likeness (QED) is 0.720. The first-order chi connectivity index (χ1) is 13.3. The van der Waals surface area contributed by atoms with Crippen LogP contribution in [0.15, 0.2) is 36.5 Å². The molecule has 0 saturated heterocycles. The molecule has 0 bridgehead atoms. The van der Waals surface area contributed by atoms with Crippen LogP contribution >= 0.6 is 11.3 Å². The number of nitrogens with zero attached hydrogens (tertiary/aromatic N) is 1. The number of benzene rings is 1. The minimum Gasteiger partial charge on any atom is -0.493 e. The van der Waals surface area contributed by atoms with Gasteiger partial charge in [0.2, 0.25) is 0 Å². The molecule has 5 rings (SSSR count). The van der Waals surface area contributed by atoms with Gasteiger partial charge in [0, 0.05) is 28.9 Å². The fourth-order valence-corrected chi connectivity index (χ4v) is 5.85. The minimum atomic E-state index is 0.124. The molecule has 1 aliphatic heterocycles. The van der Waals surface area contributed by atoms with E-state index < -0.39 is 0 Å². The van der Waals surface area contributed by atoms with E-state index >= 15 is 0 Å². The van der Waals surface area contributed by atoms with Crippen molar-refractivity contribution in [3.8, 4) is 16.5 Å². The van der Waals surface area contributed by atoms with E-state index in [-0.39, 0.29) is 6.04 Å². The molecule has 4 nitrogen and oxygen atoms in total. The number of fused-ring (bicyclic) bond motifs is 5. The van der Waals surface area contributed by atoms with Gasteiger partial charge in [0.25, 0.3) is 0 Å². The van der Waals surface area contributed by atoms with Gasteiger partial charge in [-0.15, -0.1) is 11.3 Å². The Balaban J connectivity index is 1.60. The van der Waals surface area contributed by atoms with Crippen molar-refractivity contribution in [2.45, 2.75) is 38.3 Å². The zero-order valence-electron chi connectivity index (χ0n) is 15.7. The Hall–Kier alpha value is -2.24. The largest absolute Gasteiger partial charge is 0.493 e. The molecule has 0 amide bonds. The molecule has 0 fully saturated rings. The van der Waals surface area contributed by atoms with E-state index in [0.717, 1.165) is 18.0 Å². The first-order valence-corrected chi connectivity index (χ1v) is 10.4. The van der Waals surface area contributed by atoms with Gasteiger partial charge in [0.1, 0.15) is 5.00 Å². The van der Waals surface area contributed by atoms with Crippen LogP contribution in [0.5, 0.6) is 11.5 Å². The Morgan fingerprint density at radius 2 is 1.89 bits per heavy atom. The standard InChI is InChI=1S/C22H24N2O2S/c1-25-18-10-9-14(12-19(18)26-2)21-17-7-5-11-24(17)22-16(13-23-21)15-6-3-4-8-20(15)27-22/h5,7,9-12,21,23H,3-4,6,8,13H2,1-2H3. The number of aryl methyl sites for hydroxylation is 1. The molecule has 1 unspecified atom stereocenters. The molecular formula is C22H24N2O2S. The lowest BCUT2D eigenvalue weighted by molar-refractivity contribution is 0.354. The van der Waals surface area contributed by atoms with Crippen LogP contribution in [0.4, 0.5) is 0 Å². The first-order valence-electron chi connectivity index (χ1n) is 9.56. The summed E-state index contributed by atoms with van der Waals surface area (Å²) in [5.74, 6) is 1.53. The summed E-state index contributed by atoms with van der Waals surface area (Å²) in [6, 6.07) is 10.7. The lowest BCUT2D eigenvalue weighted by atomic mass is 9.95. The van der Waals surface area contributed by atoms with Crippen molar-refractivity contribution >= 4 is 11.3 Å².